The highest BCUT2D eigenvalue weighted by Gasteiger charge is 2.24. The highest BCUT2D eigenvalue weighted by molar-refractivity contribution is 7.72. The van der Waals surface area contributed by atoms with Gasteiger partial charge in [0, 0.05) is 11.5 Å². The molecule has 0 radical (unpaired) electrons. The molecule has 0 bridgehead atoms. The smallest absolute Gasteiger partial charge is 0.335 e. The maximum absolute atomic E-state index is 12.5. The van der Waals surface area contributed by atoms with Crippen LogP contribution in [-0.2, 0) is 9.09 Å². The minimum Gasteiger partial charge on any atom is -0.491 e. The Morgan fingerprint density at radius 3 is 2.54 bits per heavy atom. The molecule has 8 heteroatoms. The fourth-order valence-electron chi connectivity index (χ4n) is 2.43. The first-order chi connectivity index (χ1) is 12.1. The molecule has 6 nitrogen and oxygen atoms in total. The summed E-state index contributed by atoms with van der Waals surface area (Å²) < 4.78 is 24.0. The lowest BCUT2D eigenvalue weighted by molar-refractivity contribution is 0.0695. The largest absolute Gasteiger partial charge is 0.491 e. The van der Waals surface area contributed by atoms with E-state index >= 15 is 0 Å². The number of hydrogen-bond acceptors (Lipinski definition) is 6. The van der Waals surface area contributed by atoms with Crippen LogP contribution in [0.3, 0.4) is 0 Å². The third-order valence-corrected chi connectivity index (χ3v) is 7.43. The van der Waals surface area contributed by atoms with Crippen LogP contribution < -0.4 is 9.36 Å². The van der Waals surface area contributed by atoms with Crippen molar-refractivity contribution >= 4 is 29.3 Å². The van der Waals surface area contributed by atoms with Gasteiger partial charge in [-0.15, -0.1) is 11.3 Å². The zero-order valence-electron chi connectivity index (χ0n) is 15.1. The number of carboxylic acids is 1. The van der Waals surface area contributed by atoms with Crippen LogP contribution in [0.5, 0.6) is 5.75 Å². The number of rotatable bonds is 8. The summed E-state index contributed by atoms with van der Waals surface area (Å²) in [5.74, 6) is -0.727. The molecule has 142 valence electrons. The molecule has 0 aliphatic carbocycles. The Kier molecular flexibility index (Phi) is 6.64. The van der Waals surface area contributed by atoms with Crippen molar-refractivity contribution in [2.24, 2.45) is 0 Å². The van der Waals surface area contributed by atoms with Crippen LogP contribution in [0.2, 0.25) is 0 Å². The molecule has 26 heavy (non-hydrogen) atoms. The van der Waals surface area contributed by atoms with Crippen molar-refractivity contribution in [2.75, 3.05) is 13.3 Å². The summed E-state index contributed by atoms with van der Waals surface area (Å²) in [6.07, 6.45) is -1.18. The molecule has 2 rings (SSSR count). The number of carbonyl (C=O) groups is 1. The molecule has 1 heterocycles. The fourth-order valence-corrected chi connectivity index (χ4v) is 5.29. The van der Waals surface area contributed by atoms with E-state index in [1.807, 2.05) is 13.8 Å². The number of aliphatic hydroxyl groups is 1. The van der Waals surface area contributed by atoms with Gasteiger partial charge < -0.3 is 19.5 Å². The molecule has 0 fully saturated rings. The Labute approximate surface area is 156 Å². The van der Waals surface area contributed by atoms with Gasteiger partial charge in [0.2, 0.25) is 7.37 Å². The molecule has 0 amide bonds. The van der Waals surface area contributed by atoms with Crippen molar-refractivity contribution in [1.82, 2.24) is 0 Å². The third kappa shape index (κ3) is 4.95. The van der Waals surface area contributed by atoms with Crippen LogP contribution in [0, 0.1) is 0 Å². The minimum absolute atomic E-state index is 0.0319. The van der Waals surface area contributed by atoms with Gasteiger partial charge in [0.25, 0.3) is 0 Å². The molecule has 0 saturated carbocycles. The highest BCUT2D eigenvalue weighted by Crippen LogP contribution is 2.44. The van der Waals surface area contributed by atoms with Gasteiger partial charge in [-0.25, -0.2) is 4.79 Å². The van der Waals surface area contributed by atoms with Gasteiger partial charge >= 0.3 is 5.97 Å². The maximum Gasteiger partial charge on any atom is 0.335 e. The predicted molar refractivity (Wildman–Crippen MR) is 102 cm³/mol. The van der Waals surface area contributed by atoms with Crippen molar-refractivity contribution in [2.45, 2.75) is 33.0 Å². The fraction of sp³-hybridized carbons (Fsp3) is 0.389. The monoisotopic (exact) mass is 398 g/mol. The molecule has 2 aromatic rings. The summed E-state index contributed by atoms with van der Waals surface area (Å²) >= 11 is 1.19. The highest BCUT2D eigenvalue weighted by atomic mass is 32.1. The molecule has 0 aliphatic rings. The lowest BCUT2D eigenvalue weighted by Gasteiger charge is -2.15. The number of ether oxygens (including phenoxy) is 1. The van der Waals surface area contributed by atoms with Crippen molar-refractivity contribution in [3.63, 3.8) is 0 Å². The topological polar surface area (TPSA) is 93.1 Å². The molecule has 2 N–H and O–H groups in total. The first kappa shape index (κ1) is 20.6. The predicted octanol–water partition coefficient (Wildman–Crippen LogP) is 3.88. The molecule has 1 aromatic carbocycles. The van der Waals surface area contributed by atoms with Gasteiger partial charge in [-0.1, -0.05) is 0 Å². The van der Waals surface area contributed by atoms with Crippen molar-refractivity contribution in [1.29, 1.82) is 0 Å². The lowest BCUT2D eigenvalue weighted by atomic mass is 10.0. The number of carboxylic acid groups (broad SMARTS) is 1. The van der Waals surface area contributed by atoms with E-state index in [0.29, 0.717) is 27.4 Å². The van der Waals surface area contributed by atoms with Crippen LogP contribution >= 0.6 is 18.7 Å². The zero-order chi connectivity index (χ0) is 19.5. The molecule has 0 spiro atoms. The van der Waals surface area contributed by atoms with E-state index in [1.54, 1.807) is 25.1 Å². The summed E-state index contributed by atoms with van der Waals surface area (Å²) in [5, 5.41) is 20.0. The Hall–Kier alpha value is -1.66. The second-order valence-electron chi connectivity index (χ2n) is 6.10. The van der Waals surface area contributed by atoms with Gasteiger partial charge in [-0.2, -0.15) is 0 Å². The molecule has 2 unspecified atom stereocenters. The van der Waals surface area contributed by atoms with E-state index in [1.165, 1.54) is 30.1 Å². The standard InChI is InChI=1S/C18H23O6PS/c1-5-23-25(4,22)16-7-6-15(26-16)17(19)12-8-13(18(20)21)10-14(9-12)24-11(2)3/h6-11,17,19H,5H2,1-4H3,(H,20,21). The minimum atomic E-state index is -2.92. The van der Waals surface area contributed by atoms with E-state index in [-0.39, 0.29) is 11.7 Å². The molecular weight excluding hydrogens is 375 g/mol. The lowest BCUT2D eigenvalue weighted by Crippen LogP contribution is -2.09. The van der Waals surface area contributed by atoms with Crippen LogP contribution in [0.4, 0.5) is 0 Å². The Morgan fingerprint density at radius 2 is 1.96 bits per heavy atom. The van der Waals surface area contributed by atoms with Crippen LogP contribution in [0.15, 0.2) is 30.3 Å². The van der Waals surface area contributed by atoms with E-state index in [4.69, 9.17) is 9.26 Å². The normalized spacial score (nSPS) is 14.8. The average Bonchev–Trinajstić information content (AvgIpc) is 3.04. The van der Waals surface area contributed by atoms with Crippen LogP contribution in [0.1, 0.15) is 47.7 Å². The van der Waals surface area contributed by atoms with Crippen molar-refractivity contribution in [3.05, 3.63) is 46.3 Å². The SMILES string of the molecule is CCOP(C)(=O)c1ccc(C(O)c2cc(OC(C)C)cc(C(=O)O)c2)s1. The van der Waals surface area contributed by atoms with E-state index in [0.717, 1.165) is 0 Å². The van der Waals surface area contributed by atoms with Crippen molar-refractivity contribution in [3.8, 4) is 5.75 Å². The second kappa shape index (κ2) is 8.35. The summed E-state index contributed by atoms with van der Waals surface area (Å²) in [4.78, 5) is 11.9. The van der Waals surface area contributed by atoms with Gasteiger partial charge in [-0.3, -0.25) is 4.57 Å². The summed E-state index contributed by atoms with van der Waals surface area (Å²) in [7, 11) is -2.92. The number of hydrogen-bond donors (Lipinski definition) is 2. The molecule has 2 atom stereocenters. The van der Waals surface area contributed by atoms with Crippen LogP contribution in [0.25, 0.3) is 0 Å². The van der Waals surface area contributed by atoms with E-state index < -0.39 is 19.4 Å². The number of aliphatic hydroxyl groups excluding tert-OH is 1. The van der Waals surface area contributed by atoms with E-state index in [2.05, 4.69) is 0 Å². The van der Waals surface area contributed by atoms with Gasteiger partial charge in [0.1, 0.15) is 11.9 Å². The average molecular weight is 398 g/mol. The quantitative estimate of drug-likeness (QED) is 0.656. The van der Waals surface area contributed by atoms with Crippen LogP contribution in [-0.4, -0.2) is 35.6 Å². The summed E-state index contributed by atoms with van der Waals surface area (Å²) in [6, 6.07) is 7.80. The Morgan fingerprint density at radius 1 is 1.27 bits per heavy atom. The van der Waals surface area contributed by atoms with Gasteiger partial charge in [0.05, 0.1) is 22.9 Å². The molecule has 0 saturated heterocycles. The first-order valence-corrected chi connectivity index (χ1v) is 11.1. The maximum atomic E-state index is 12.5. The molecule has 0 aliphatic heterocycles. The van der Waals surface area contributed by atoms with Gasteiger partial charge in [0.15, 0.2) is 0 Å². The van der Waals surface area contributed by atoms with E-state index in [9.17, 15) is 19.6 Å². The number of aromatic carboxylic acids is 1. The van der Waals surface area contributed by atoms with Crippen molar-refractivity contribution < 1.29 is 28.8 Å². The second-order valence-corrected chi connectivity index (χ2v) is 9.95. The first-order valence-electron chi connectivity index (χ1n) is 8.19. The zero-order valence-corrected chi connectivity index (χ0v) is 16.8. The third-order valence-electron chi connectivity index (χ3n) is 3.52. The Balaban J connectivity index is 2.38. The number of benzene rings is 1. The molecule has 1 aromatic heterocycles. The summed E-state index contributed by atoms with van der Waals surface area (Å²) in [5.41, 5.74) is 0.431. The summed E-state index contributed by atoms with van der Waals surface area (Å²) in [6.45, 7) is 7.31. The van der Waals surface area contributed by atoms with Gasteiger partial charge in [-0.05, 0) is 56.7 Å². The molecular formula is C18H23O6PS. The number of thiophene rings is 1. The Bertz CT molecular complexity index is 829.